The second-order valence-electron chi connectivity index (χ2n) is 9.71. The van der Waals surface area contributed by atoms with Gasteiger partial charge in [0.1, 0.15) is 0 Å². The van der Waals surface area contributed by atoms with Crippen molar-refractivity contribution in [3.05, 3.63) is 89.2 Å². The lowest BCUT2D eigenvalue weighted by Gasteiger charge is -2.40. The van der Waals surface area contributed by atoms with Gasteiger partial charge in [0, 0.05) is 51.2 Å². The summed E-state index contributed by atoms with van der Waals surface area (Å²) in [7, 11) is 0. The van der Waals surface area contributed by atoms with Crippen LogP contribution in [0.1, 0.15) is 36.1 Å². The first-order valence-electron chi connectivity index (χ1n) is 11.9. The Kier molecular flexibility index (Phi) is 7.31. The molecule has 3 aromatic rings. The van der Waals surface area contributed by atoms with Gasteiger partial charge in [-0.3, -0.25) is 14.8 Å². The molecule has 1 aromatic heterocycles. The molecule has 2 aromatic carbocycles. The van der Waals surface area contributed by atoms with Gasteiger partial charge in [0.25, 0.3) is 0 Å². The molecule has 2 heterocycles. The van der Waals surface area contributed by atoms with Crippen LogP contribution in [0.2, 0.25) is 0 Å². The van der Waals surface area contributed by atoms with Crippen LogP contribution >= 0.6 is 0 Å². The van der Waals surface area contributed by atoms with Gasteiger partial charge in [0.05, 0.1) is 0 Å². The fourth-order valence-corrected chi connectivity index (χ4v) is 4.72. The largest absolute Gasteiger partial charge is 0.421 e. The summed E-state index contributed by atoms with van der Waals surface area (Å²) in [4.78, 5) is 9.06. The Morgan fingerprint density at radius 1 is 0.943 bits per heavy atom. The van der Waals surface area contributed by atoms with E-state index in [1.54, 1.807) is 12.1 Å². The molecule has 0 aliphatic carbocycles. The van der Waals surface area contributed by atoms with Crippen LogP contribution in [0.4, 0.5) is 13.2 Å². The summed E-state index contributed by atoms with van der Waals surface area (Å²) in [5, 5.41) is 9.90. The molecular weight excluding hydrogens is 451 g/mol. The Hall–Kier alpha value is -2.74. The molecule has 0 bridgehead atoms. The van der Waals surface area contributed by atoms with Gasteiger partial charge in [-0.15, -0.1) is 0 Å². The van der Waals surface area contributed by atoms with Crippen molar-refractivity contribution in [2.24, 2.45) is 0 Å². The van der Waals surface area contributed by atoms with Crippen LogP contribution in [0.5, 0.6) is 0 Å². The second kappa shape index (κ2) is 10.1. The number of pyridine rings is 1. The van der Waals surface area contributed by atoms with E-state index >= 15 is 0 Å². The molecule has 35 heavy (non-hydrogen) atoms. The molecule has 0 spiro atoms. The molecule has 0 amide bonds. The summed E-state index contributed by atoms with van der Waals surface area (Å²) < 4.78 is 39.4. The Balaban J connectivity index is 1.39. The average molecular weight is 484 g/mol. The minimum absolute atomic E-state index is 0.166. The number of rotatable bonds is 6. The van der Waals surface area contributed by atoms with Crippen molar-refractivity contribution in [1.29, 1.82) is 0 Å². The topological polar surface area (TPSA) is 39.6 Å². The highest BCUT2D eigenvalue weighted by Gasteiger charge is 2.51. The normalized spacial score (nSPS) is 19.5. The van der Waals surface area contributed by atoms with E-state index in [4.69, 9.17) is 0 Å². The number of aromatic nitrogens is 1. The van der Waals surface area contributed by atoms with Crippen LogP contribution in [0.15, 0.2) is 67.0 Å². The molecule has 1 unspecified atom stereocenters. The first-order valence-corrected chi connectivity index (χ1v) is 11.9. The standard InChI is InChI=1S/C28H32F3N3O/c1-20-16-23(18-33-14-15-34(21(2)17-33)19-22-10-12-32-13-11-22)4-9-26(20)24-5-7-25(8-6-24)27(3,35)28(29,30)31/h4-13,16,21,35H,14-15,17-19H2,1-3H3/t21-,27?/m0/s1. The molecule has 4 nitrogen and oxygen atoms in total. The maximum Gasteiger partial charge on any atom is 0.421 e. The first-order chi connectivity index (χ1) is 16.5. The SMILES string of the molecule is Cc1cc(CN2CCN(Cc3ccncc3)[C@@H](C)C2)ccc1-c1ccc(C(C)(O)C(F)(F)F)cc1. The molecule has 186 valence electrons. The lowest BCUT2D eigenvalue weighted by Crippen LogP contribution is -2.50. The number of piperazine rings is 1. The molecule has 1 aliphatic heterocycles. The predicted molar refractivity (Wildman–Crippen MR) is 132 cm³/mol. The Labute approximate surface area is 205 Å². The van der Waals surface area contributed by atoms with Crippen molar-refractivity contribution in [1.82, 2.24) is 14.8 Å². The van der Waals surface area contributed by atoms with E-state index < -0.39 is 11.8 Å². The van der Waals surface area contributed by atoms with E-state index in [0.29, 0.717) is 6.04 Å². The van der Waals surface area contributed by atoms with E-state index in [1.165, 1.54) is 23.3 Å². The van der Waals surface area contributed by atoms with Crippen LogP contribution in [0.3, 0.4) is 0 Å². The van der Waals surface area contributed by atoms with E-state index in [0.717, 1.165) is 56.3 Å². The molecule has 1 aliphatic rings. The molecule has 0 saturated carbocycles. The van der Waals surface area contributed by atoms with Crippen molar-refractivity contribution >= 4 is 0 Å². The first kappa shape index (κ1) is 25.4. The second-order valence-corrected chi connectivity index (χ2v) is 9.71. The van der Waals surface area contributed by atoms with Gasteiger partial charge in [-0.25, -0.2) is 0 Å². The lowest BCUT2D eigenvalue weighted by molar-refractivity contribution is -0.258. The van der Waals surface area contributed by atoms with Gasteiger partial charge in [0.15, 0.2) is 5.60 Å². The quantitative estimate of drug-likeness (QED) is 0.500. The van der Waals surface area contributed by atoms with Crippen LogP contribution < -0.4 is 0 Å². The molecule has 0 radical (unpaired) electrons. The number of hydrogen-bond acceptors (Lipinski definition) is 4. The Morgan fingerprint density at radius 2 is 1.63 bits per heavy atom. The number of hydrogen-bond donors (Lipinski definition) is 1. The van der Waals surface area contributed by atoms with E-state index in [-0.39, 0.29) is 5.56 Å². The number of halogens is 3. The van der Waals surface area contributed by atoms with Crippen LogP contribution in [-0.4, -0.2) is 51.7 Å². The maximum absolute atomic E-state index is 13.1. The molecule has 4 rings (SSSR count). The van der Waals surface area contributed by atoms with Gasteiger partial charge in [-0.05, 0) is 66.3 Å². The summed E-state index contributed by atoms with van der Waals surface area (Å²) in [6.07, 6.45) is -1.06. The molecule has 1 N–H and O–H groups in total. The summed E-state index contributed by atoms with van der Waals surface area (Å²) in [6, 6.07) is 16.8. The number of benzene rings is 2. The van der Waals surface area contributed by atoms with Crippen LogP contribution in [0, 0.1) is 6.92 Å². The highest BCUT2D eigenvalue weighted by molar-refractivity contribution is 5.68. The third-order valence-electron chi connectivity index (χ3n) is 6.99. The monoisotopic (exact) mass is 483 g/mol. The van der Waals surface area contributed by atoms with Gasteiger partial charge < -0.3 is 5.11 Å². The van der Waals surface area contributed by atoms with E-state index in [9.17, 15) is 18.3 Å². The van der Waals surface area contributed by atoms with E-state index in [2.05, 4.69) is 46.0 Å². The smallest absolute Gasteiger partial charge is 0.376 e. The number of alkyl halides is 3. The van der Waals surface area contributed by atoms with Crippen molar-refractivity contribution < 1.29 is 18.3 Å². The van der Waals surface area contributed by atoms with Gasteiger partial charge in [-0.1, -0.05) is 42.5 Å². The summed E-state index contributed by atoms with van der Waals surface area (Å²) in [5.74, 6) is 0. The average Bonchev–Trinajstić information content (AvgIpc) is 2.81. The minimum atomic E-state index is -4.73. The fraction of sp³-hybridized carbons (Fsp3) is 0.393. The predicted octanol–water partition coefficient (Wildman–Crippen LogP) is 5.53. The summed E-state index contributed by atoms with van der Waals surface area (Å²) in [6.45, 7) is 9.86. The number of nitrogens with zero attached hydrogens (tertiary/aromatic N) is 3. The van der Waals surface area contributed by atoms with Gasteiger partial charge in [0.2, 0.25) is 0 Å². The minimum Gasteiger partial charge on any atom is -0.376 e. The third kappa shape index (κ3) is 5.74. The van der Waals surface area contributed by atoms with Gasteiger partial charge >= 0.3 is 6.18 Å². The fourth-order valence-electron chi connectivity index (χ4n) is 4.72. The summed E-state index contributed by atoms with van der Waals surface area (Å²) in [5.41, 5.74) is 2.34. The lowest BCUT2D eigenvalue weighted by atomic mass is 9.92. The third-order valence-corrected chi connectivity index (χ3v) is 6.99. The molecule has 2 atom stereocenters. The van der Waals surface area contributed by atoms with Crippen molar-refractivity contribution in [2.75, 3.05) is 19.6 Å². The highest BCUT2D eigenvalue weighted by atomic mass is 19.4. The Morgan fingerprint density at radius 3 is 2.23 bits per heavy atom. The Bertz CT molecular complexity index is 1130. The molecule has 7 heteroatoms. The van der Waals surface area contributed by atoms with E-state index in [1.807, 2.05) is 25.4 Å². The maximum atomic E-state index is 13.1. The van der Waals surface area contributed by atoms with Crippen molar-refractivity contribution in [2.45, 2.75) is 51.7 Å². The van der Waals surface area contributed by atoms with Gasteiger partial charge in [-0.2, -0.15) is 13.2 Å². The van der Waals surface area contributed by atoms with Crippen LogP contribution in [-0.2, 0) is 18.7 Å². The number of aryl methyl sites for hydroxylation is 1. The van der Waals surface area contributed by atoms with Crippen molar-refractivity contribution in [3.63, 3.8) is 0 Å². The molecule has 1 saturated heterocycles. The summed E-state index contributed by atoms with van der Waals surface area (Å²) >= 11 is 0. The molecular formula is C28H32F3N3O. The number of aliphatic hydroxyl groups is 1. The zero-order valence-electron chi connectivity index (χ0n) is 20.4. The van der Waals surface area contributed by atoms with Crippen LogP contribution in [0.25, 0.3) is 11.1 Å². The highest BCUT2D eigenvalue weighted by Crippen LogP contribution is 2.39. The molecule has 1 fully saturated rings. The zero-order chi connectivity index (χ0) is 25.2. The van der Waals surface area contributed by atoms with Crippen molar-refractivity contribution in [3.8, 4) is 11.1 Å². The zero-order valence-corrected chi connectivity index (χ0v) is 20.4.